The molecule has 5 nitrogen and oxygen atoms in total. The van der Waals surface area contributed by atoms with Crippen molar-refractivity contribution in [3.63, 3.8) is 0 Å². The number of nitrogens with one attached hydrogen (secondary N) is 2. The highest BCUT2D eigenvalue weighted by molar-refractivity contribution is 5.73. The van der Waals surface area contributed by atoms with Crippen LogP contribution in [0.5, 0.6) is 5.75 Å². The van der Waals surface area contributed by atoms with Gasteiger partial charge < -0.3 is 15.4 Å². The molecule has 2 amide bonds. The molecule has 1 aromatic carbocycles. The van der Waals surface area contributed by atoms with Crippen LogP contribution in [0.15, 0.2) is 24.3 Å². The van der Waals surface area contributed by atoms with Gasteiger partial charge in [-0.3, -0.25) is 4.90 Å². The van der Waals surface area contributed by atoms with Gasteiger partial charge in [-0.2, -0.15) is 13.2 Å². The molecule has 0 aromatic heterocycles. The number of carbonyl (C=O) groups is 1. The van der Waals surface area contributed by atoms with E-state index in [1.54, 1.807) is 0 Å². The minimum atomic E-state index is -4.17. The predicted molar refractivity (Wildman–Crippen MR) is 88.7 cm³/mol. The molecule has 25 heavy (non-hydrogen) atoms. The zero-order valence-corrected chi connectivity index (χ0v) is 14.2. The first kappa shape index (κ1) is 19.4. The Bertz CT molecular complexity index is 549. The van der Waals surface area contributed by atoms with Crippen LogP contribution in [-0.4, -0.2) is 56.4 Å². The number of hydrogen-bond acceptors (Lipinski definition) is 3. The summed E-state index contributed by atoms with van der Waals surface area (Å²) in [7, 11) is 0. The van der Waals surface area contributed by atoms with Crippen molar-refractivity contribution in [2.24, 2.45) is 5.92 Å². The van der Waals surface area contributed by atoms with Crippen LogP contribution in [0.3, 0.4) is 0 Å². The minimum Gasteiger partial charge on any atom is -0.492 e. The molecule has 0 aliphatic carbocycles. The molecule has 0 radical (unpaired) electrons. The Hall–Kier alpha value is -1.96. The Labute approximate surface area is 145 Å². The van der Waals surface area contributed by atoms with E-state index in [2.05, 4.69) is 10.6 Å². The summed E-state index contributed by atoms with van der Waals surface area (Å²) in [6.07, 6.45) is -3.51. The Morgan fingerprint density at radius 1 is 1.28 bits per heavy atom. The molecule has 2 rings (SSSR count). The van der Waals surface area contributed by atoms with Gasteiger partial charge in [0.2, 0.25) is 0 Å². The summed E-state index contributed by atoms with van der Waals surface area (Å²) in [4.78, 5) is 13.1. The van der Waals surface area contributed by atoms with E-state index < -0.39 is 12.7 Å². The van der Waals surface area contributed by atoms with Gasteiger partial charge in [0.25, 0.3) is 0 Å². The van der Waals surface area contributed by atoms with Crippen LogP contribution in [0.4, 0.5) is 18.0 Å². The van der Waals surface area contributed by atoms with E-state index in [0.29, 0.717) is 39.2 Å². The lowest BCUT2D eigenvalue weighted by atomic mass is 10.1. The summed E-state index contributed by atoms with van der Waals surface area (Å²) < 4.78 is 42.5. The van der Waals surface area contributed by atoms with Crippen LogP contribution >= 0.6 is 0 Å². The van der Waals surface area contributed by atoms with Gasteiger partial charge in [-0.1, -0.05) is 17.7 Å². The third-order valence-corrected chi connectivity index (χ3v) is 4.00. The summed E-state index contributed by atoms with van der Waals surface area (Å²) in [5, 5.41) is 5.37. The largest absolute Gasteiger partial charge is 0.492 e. The van der Waals surface area contributed by atoms with Gasteiger partial charge in [-0.25, -0.2) is 4.79 Å². The number of amides is 2. The average molecular weight is 359 g/mol. The maximum Gasteiger partial charge on any atom is 0.401 e. The predicted octanol–water partition coefficient (Wildman–Crippen LogP) is 2.56. The third kappa shape index (κ3) is 7.64. The van der Waals surface area contributed by atoms with Gasteiger partial charge in [-0.15, -0.1) is 0 Å². The van der Waals surface area contributed by atoms with E-state index >= 15 is 0 Å². The van der Waals surface area contributed by atoms with Crippen molar-refractivity contribution in [1.29, 1.82) is 0 Å². The van der Waals surface area contributed by atoms with Gasteiger partial charge in [0.15, 0.2) is 0 Å². The topological polar surface area (TPSA) is 53.6 Å². The molecule has 8 heteroatoms. The van der Waals surface area contributed by atoms with Crippen LogP contribution < -0.4 is 15.4 Å². The van der Waals surface area contributed by atoms with E-state index in [-0.39, 0.29) is 11.9 Å². The summed E-state index contributed by atoms with van der Waals surface area (Å²) in [6, 6.07) is 7.28. The molecule has 140 valence electrons. The summed E-state index contributed by atoms with van der Waals surface area (Å²) >= 11 is 0. The van der Waals surface area contributed by atoms with E-state index in [9.17, 15) is 18.0 Å². The second-order valence-corrected chi connectivity index (χ2v) is 6.30. The zero-order chi connectivity index (χ0) is 18.3. The molecule has 1 saturated heterocycles. The van der Waals surface area contributed by atoms with Gasteiger partial charge >= 0.3 is 12.2 Å². The van der Waals surface area contributed by atoms with E-state index in [1.165, 1.54) is 4.90 Å². The second kappa shape index (κ2) is 8.94. The van der Waals surface area contributed by atoms with Crippen molar-refractivity contribution in [3.05, 3.63) is 29.8 Å². The van der Waals surface area contributed by atoms with E-state index in [0.717, 1.165) is 11.3 Å². The number of hydrogen-bond donors (Lipinski definition) is 2. The first-order chi connectivity index (χ1) is 11.8. The van der Waals surface area contributed by atoms with Crippen molar-refractivity contribution < 1.29 is 22.7 Å². The summed E-state index contributed by atoms with van der Waals surface area (Å²) in [5.41, 5.74) is 1.14. The Kier molecular flexibility index (Phi) is 6.92. The summed E-state index contributed by atoms with van der Waals surface area (Å²) in [5.74, 6) is 0.792. The number of carbonyl (C=O) groups excluding carboxylic acids is 1. The standard InChI is InChI=1S/C17H24F3N3O2/c1-13-2-4-15(5-3-13)25-9-7-21-16(24)22-10-14-6-8-23(11-14)12-17(18,19)20/h2-5,14H,6-12H2,1H3,(H2,21,22,24). The minimum absolute atomic E-state index is 0.0527. The van der Waals surface area contributed by atoms with Gasteiger partial charge in [0, 0.05) is 13.1 Å². The van der Waals surface area contributed by atoms with Gasteiger partial charge in [-0.05, 0) is 37.9 Å². The van der Waals surface area contributed by atoms with Crippen molar-refractivity contribution in [3.8, 4) is 5.75 Å². The SMILES string of the molecule is Cc1ccc(OCCNC(=O)NCC2CCN(CC(F)(F)F)C2)cc1. The van der Waals surface area contributed by atoms with Crippen molar-refractivity contribution in [2.75, 3.05) is 39.3 Å². The lowest BCUT2D eigenvalue weighted by Crippen LogP contribution is -2.40. The fraction of sp³-hybridized carbons (Fsp3) is 0.588. The lowest BCUT2D eigenvalue weighted by Gasteiger charge is -2.18. The molecule has 1 aliphatic heterocycles. The van der Waals surface area contributed by atoms with Crippen LogP contribution in [-0.2, 0) is 0 Å². The van der Waals surface area contributed by atoms with Crippen molar-refractivity contribution in [1.82, 2.24) is 15.5 Å². The van der Waals surface area contributed by atoms with Crippen molar-refractivity contribution >= 4 is 6.03 Å². The fourth-order valence-corrected chi connectivity index (χ4v) is 2.74. The highest BCUT2D eigenvalue weighted by Crippen LogP contribution is 2.22. The van der Waals surface area contributed by atoms with Crippen LogP contribution in [0.2, 0.25) is 0 Å². The molecule has 0 bridgehead atoms. The Balaban J connectivity index is 1.55. The molecule has 1 fully saturated rings. The average Bonchev–Trinajstić information content (AvgIpc) is 2.96. The number of alkyl halides is 3. The molecule has 1 atom stereocenters. The van der Waals surface area contributed by atoms with E-state index in [4.69, 9.17) is 4.74 Å². The molecule has 1 heterocycles. The number of ether oxygens (including phenoxy) is 1. The van der Waals surface area contributed by atoms with Gasteiger partial charge in [0.05, 0.1) is 13.1 Å². The Morgan fingerprint density at radius 3 is 2.68 bits per heavy atom. The number of urea groups is 1. The number of rotatable bonds is 7. The summed E-state index contributed by atoms with van der Waals surface area (Å²) in [6.45, 7) is 2.95. The maximum atomic E-state index is 12.3. The number of nitrogens with zero attached hydrogens (tertiary/aromatic N) is 1. The highest BCUT2D eigenvalue weighted by atomic mass is 19.4. The molecular weight excluding hydrogens is 335 g/mol. The number of aryl methyl sites for hydroxylation is 1. The van der Waals surface area contributed by atoms with Gasteiger partial charge in [0.1, 0.15) is 12.4 Å². The number of likely N-dealkylation sites (tertiary alicyclic amines) is 1. The van der Waals surface area contributed by atoms with Crippen LogP contribution in [0, 0.1) is 12.8 Å². The molecule has 2 N–H and O–H groups in total. The highest BCUT2D eigenvalue weighted by Gasteiger charge is 2.34. The smallest absolute Gasteiger partial charge is 0.401 e. The number of halogens is 3. The Morgan fingerprint density at radius 2 is 2.00 bits per heavy atom. The quantitative estimate of drug-likeness (QED) is 0.736. The first-order valence-corrected chi connectivity index (χ1v) is 8.32. The van der Waals surface area contributed by atoms with Crippen LogP contribution in [0.1, 0.15) is 12.0 Å². The monoisotopic (exact) mass is 359 g/mol. The zero-order valence-electron chi connectivity index (χ0n) is 14.2. The molecule has 0 saturated carbocycles. The third-order valence-electron chi connectivity index (χ3n) is 4.00. The fourth-order valence-electron chi connectivity index (χ4n) is 2.74. The molecule has 1 aromatic rings. The van der Waals surface area contributed by atoms with Crippen LogP contribution in [0.25, 0.3) is 0 Å². The molecule has 1 aliphatic rings. The molecular formula is C17H24F3N3O2. The first-order valence-electron chi connectivity index (χ1n) is 8.32. The van der Waals surface area contributed by atoms with Crippen molar-refractivity contribution in [2.45, 2.75) is 19.5 Å². The van der Waals surface area contributed by atoms with E-state index in [1.807, 2.05) is 31.2 Å². The number of benzene rings is 1. The lowest BCUT2D eigenvalue weighted by molar-refractivity contribution is -0.143. The molecule has 0 spiro atoms. The second-order valence-electron chi connectivity index (χ2n) is 6.30. The normalized spacial score (nSPS) is 18.2. The maximum absolute atomic E-state index is 12.3. The molecule has 1 unspecified atom stereocenters.